The topological polar surface area (TPSA) is 41.6 Å². The highest BCUT2D eigenvalue weighted by Gasteiger charge is 2.20. The first-order chi connectivity index (χ1) is 9.63. The fourth-order valence-electron chi connectivity index (χ4n) is 2.73. The maximum absolute atomic E-state index is 11.6. The SMILES string of the molecule is COCCCCCN1CCCC(CNC(=O)C(C)C)C1. The fraction of sp³-hybridized carbons (Fsp3) is 0.938. The zero-order chi connectivity index (χ0) is 14.8. The number of carbonyl (C=O) groups is 1. The summed E-state index contributed by atoms with van der Waals surface area (Å²) < 4.78 is 5.07. The van der Waals surface area contributed by atoms with Gasteiger partial charge in [-0.2, -0.15) is 0 Å². The van der Waals surface area contributed by atoms with E-state index in [1.165, 1.54) is 38.8 Å². The lowest BCUT2D eigenvalue weighted by molar-refractivity contribution is -0.124. The summed E-state index contributed by atoms with van der Waals surface area (Å²) in [5.74, 6) is 0.905. The van der Waals surface area contributed by atoms with Crippen LogP contribution in [-0.4, -0.2) is 50.7 Å². The van der Waals surface area contributed by atoms with Crippen molar-refractivity contribution in [3.8, 4) is 0 Å². The molecule has 0 saturated carbocycles. The highest BCUT2D eigenvalue weighted by Crippen LogP contribution is 2.16. The lowest BCUT2D eigenvalue weighted by atomic mass is 9.97. The third-order valence-electron chi connectivity index (χ3n) is 4.02. The number of methoxy groups -OCH3 is 1. The molecule has 1 atom stereocenters. The Morgan fingerprint density at radius 3 is 2.85 bits per heavy atom. The normalized spacial score (nSPS) is 20.3. The Labute approximate surface area is 124 Å². The Balaban J connectivity index is 2.13. The molecule has 0 bridgehead atoms. The van der Waals surface area contributed by atoms with E-state index < -0.39 is 0 Å². The third-order valence-corrected chi connectivity index (χ3v) is 4.02. The maximum Gasteiger partial charge on any atom is 0.222 e. The van der Waals surface area contributed by atoms with Crippen molar-refractivity contribution in [3.63, 3.8) is 0 Å². The molecule has 1 saturated heterocycles. The van der Waals surface area contributed by atoms with Gasteiger partial charge in [0.1, 0.15) is 0 Å². The van der Waals surface area contributed by atoms with E-state index in [4.69, 9.17) is 4.74 Å². The third kappa shape index (κ3) is 7.25. The minimum absolute atomic E-state index is 0.0930. The average molecular weight is 284 g/mol. The van der Waals surface area contributed by atoms with E-state index in [1.54, 1.807) is 7.11 Å². The van der Waals surface area contributed by atoms with Crippen LogP contribution in [0.1, 0.15) is 46.0 Å². The van der Waals surface area contributed by atoms with Gasteiger partial charge >= 0.3 is 0 Å². The molecule has 1 rings (SSSR count). The fourth-order valence-corrected chi connectivity index (χ4v) is 2.73. The van der Waals surface area contributed by atoms with Crippen LogP contribution in [0.15, 0.2) is 0 Å². The Morgan fingerprint density at radius 2 is 2.15 bits per heavy atom. The number of hydrogen-bond acceptors (Lipinski definition) is 3. The van der Waals surface area contributed by atoms with E-state index in [2.05, 4.69) is 10.2 Å². The van der Waals surface area contributed by atoms with Crippen LogP contribution in [0.5, 0.6) is 0 Å². The lowest BCUT2D eigenvalue weighted by Crippen LogP contribution is -2.42. The summed E-state index contributed by atoms with van der Waals surface area (Å²) in [6.45, 7) is 9.17. The molecule has 1 aliphatic heterocycles. The van der Waals surface area contributed by atoms with Crippen molar-refractivity contribution in [1.82, 2.24) is 10.2 Å². The maximum atomic E-state index is 11.6. The van der Waals surface area contributed by atoms with Gasteiger partial charge in [0.05, 0.1) is 0 Å². The van der Waals surface area contributed by atoms with Gasteiger partial charge in [-0.3, -0.25) is 4.79 Å². The summed E-state index contributed by atoms with van der Waals surface area (Å²) in [6, 6.07) is 0. The first-order valence-corrected chi connectivity index (χ1v) is 8.12. The Hall–Kier alpha value is -0.610. The molecule has 1 aliphatic rings. The van der Waals surface area contributed by atoms with Gasteiger partial charge in [0.25, 0.3) is 0 Å². The number of nitrogens with zero attached hydrogens (tertiary/aromatic N) is 1. The molecule has 0 aliphatic carbocycles. The van der Waals surface area contributed by atoms with Crippen molar-refractivity contribution in [1.29, 1.82) is 0 Å². The monoisotopic (exact) mass is 284 g/mol. The van der Waals surface area contributed by atoms with Crippen molar-refractivity contribution in [2.24, 2.45) is 11.8 Å². The van der Waals surface area contributed by atoms with Crippen LogP contribution in [0.25, 0.3) is 0 Å². The molecular formula is C16H32N2O2. The molecule has 4 heteroatoms. The molecular weight excluding hydrogens is 252 g/mol. The quantitative estimate of drug-likeness (QED) is 0.661. The van der Waals surface area contributed by atoms with Gasteiger partial charge in [-0.05, 0) is 51.1 Å². The Morgan fingerprint density at radius 1 is 1.35 bits per heavy atom. The van der Waals surface area contributed by atoms with Gasteiger partial charge in [-0.25, -0.2) is 0 Å². The minimum atomic E-state index is 0.0930. The van der Waals surface area contributed by atoms with Crippen molar-refractivity contribution < 1.29 is 9.53 Å². The van der Waals surface area contributed by atoms with Crippen LogP contribution in [0.3, 0.4) is 0 Å². The molecule has 4 nitrogen and oxygen atoms in total. The molecule has 0 aromatic rings. The minimum Gasteiger partial charge on any atom is -0.385 e. The summed E-state index contributed by atoms with van der Waals surface area (Å²) >= 11 is 0. The predicted molar refractivity (Wildman–Crippen MR) is 82.7 cm³/mol. The van der Waals surface area contributed by atoms with Crippen molar-refractivity contribution in [2.75, 3.05) is 39.9 Å². The number of likely N-dealkylation sites (tertiary alicyclic amines) is 1. The smallest absolute Gasteiger partial charge is 0.222 e. The van der Waals surface area contributed by atoms with Gasteiger partial charge in [0.15, 0.2) is 0 Å². The first kappa shape index (κ1) is 17.4. The van der Waals surface area contributed by atoms with Gasteiger partial charge in [0, 0.05) is 32.7 Å². The van der Waals surface area contributed by atoms with Crippen LogP contribution < -0.4 is 5.32 Å². The summed E-state index contributed by atoms with van der Waals surface area (Å²) in [6.07, 6.45) is 6.19. The van der Waals surface area contributed by atoms with Crippen LogP contribution in [0, 0.1) is 11.8 Å². The Bertz CT molecular complexity index is 269. The van der Waals surface area contributed by atoms with Crippen LogP contribution >= 0.6 is 0 Å². The number of ether oxygens (including phenoxy) is 1. The standard InChI is InChI=1S/C16H32N2O2/c1-14(2)16(19)17-12-15-8-7-10-18(13-15)9-5-4-6-11-20-3/h14-15H,4-13H2,1-3H3,(H,17,19). The summed E-state index contributed by atoms with van der Waals surface area (Å²) in [5, 5.41) is 3.07. The molecule has 1 fully saturated rings. The number of nitrogens with one attached hydrogen (secondary N) is 1. The summed E-state index contributed by atoms with van der Waals surface area (Å²) in [5.41, 5.74) is 0. The molecule has 1 unspecified atom stereocenters. The predicted octanol–water partition coefficient (Wildman–Crippen LogP) is 2.29. The highest BCUT2D eigenvalue weighted by atomic mass is 16.5. The molecule has 20 heavy (non-hydrogen) atoms. The lowest BCUT2D eigenvalue weighted by Gasteiger charge is -2.33. The van der Waals surface area contributed by atoms with E-state index in [1.807, 2.05) is 13.8 Å². The van der Waals surface area contributed by atoms with E-state index in [0.717, 1.165) is 26.1 Å². The van der Waals surface area contributed by atoms with E-state index >= 15 is 0 Å². The van der Waals surface area contributed by atoms with E-state index in [0.29, 0.717) is 5.92 Å². The molecule has 1 amide bonds. The van der Waals surface area contributed by atoms with Crippen molar-refractivity contribution in [2.45, 2.75) is 46.0 Å². The molecule has 0 aromatic carbocycles. The number of rotatable bonds is 9. The van der Waals surface area contributed by atoms with Crippen LogP contribution in [-0.2, 0) is 9.53 Å². The molecule has 0 aromatic heterocycles. The molecule has 1 heterocycles. The van der Waals surface area contributed by atoms with Gasteiger partial charge < -0.3 is 15.0 Å². The second-order valence-corrected chi connectivity index (χ2v) is 6.26. The number of hydrogen-bond donors (Lipinski definition) is 1. The first-order valence-electron chi connectivity index (χ1n) is 8.12. The number of unbranched alkanes of at least 4 members (excludes halogenated alkanes) is 2. The zero-order valence-electron chi connectivity index (χ0n) is 13.5. The van der Waals surface area contributed by atoms with Crippen LogP contribution in [0.4, 0.5) is 0 Å². The molecule has 118 valence electrons. The summed E-state index contributed by atoms with van der Waals surface area (Å²) in [7, 11) is 1.76. The van der Waals surface area contributed by atoms with Crippen molar-refractivity contribution >= 4 is 5.91 Å². The number of piperidine rings is 1. The number of amides is 1. The second-order valence-electron chi connectivity index (χ2n) is 6.26. The molecule has 0 radical (unpaired) electrons. The Kier molecular flexibility index (Phi) is 8.86. The van der Waals surface area contributed by atoms with Gasteiger partial charge in [-0.15, -0.1) is 0 Å². The van der Waals surface area contributed by atoms with E-state index in [-0.39, 0.29) is 11.8 Å². The number of carbonyl (C=O) groups excluding carboxylic acids is 1. The molecule has 1 N–H and O–H groups in total. The molecule has 0 spiro atoms. The highest BCUT2D eigenvalue weighted by molar-refractivity contribution is 5.77. The van der Waals surface area contributed by atoms with Gasteiger partial charge in [-0.1, -0.05) is 13.8 Å². The summed E-state index contributed by atoms with van der Waals surface area (Å²) in [4.78, 5) is 14.2. The average Bonchev–Trinajstić information content (AvgIpc) is 2.45. The van der Waals surface area contributed by atoms with Gasteiger partial charge in [0.2, 0.25) is 5.91 Å². The zero-order valence-corrected chi connectivity index (χ0v) is 13.5. The second kappa shape index (κ2) is 10.2. The van der Waals surface area contributed by atoms with Crippen LogP contribution in [0.2, 0.25) is 0 Å². The largest absolute Gasteiger partial charge is 0.385 e. The van der Waals surface area contributed by atoms with Crippen molar-refractivity contribution in [3.05, 3.63) is 0 Å². The van der Waals surface area contributed by atoms with E-state index in [9.17, 15) is 4.79 Å².